The van der Waals surface area contributed by atoms with E-state index >= 15 is 0 Å². The molecule has 0 unspecified atom stereocenters. The number of hydrogen-bond donors (Lipinski definition) is 0. The van der Waals surface area contributed by atoms with Crippen molar-refractivity contribution in [3.05, 3.63) is 32.5 Å². The number of benzene rings is 1. The smallest absolute Gasteiger partial charge is 0.258 e. The fourth-order valence-electron chi connectivity index (χ4n) is 0.833. The van der Waals surface area contributed by atoms with Crippen LogP contribution in [0.5, 0.6) is 0 Å². The lowest BCUT2D eigenvalue weighted by molar-refractivity contribution is -0.385. The highest BCUT2D eigenvalue weighted by atomic mass is 79.9. The first-order valence-electron chi connectivity index (χ1n) is 3.31. The monoisotopic (exact) mass is 301 g/mol. The lowest BCUT2D eigenvalue weighted by atomic mass is 10.3. The summed E-state index contributed by atoms with van der Waals surface area (Å²) in [6, 6.07) is 1.05. The number of nitro benzene ring substituents is 1. The Hall–Kier alpha value is -1.09. The molecule has 82 valence electrons. The molecule has 9 heteroatoms. The lowest BCUT2D eigenvalue weighted by Gasteiger charge is -2.00. The van der Waals surface area contributed by atoms with Gasteiger partial charge in [0.05, 0.1) is 9.40 Å². The zero-order valence-corrected chi connectivity index (χ0v) is 9.18. The molecule has 0 saturated carbocycles. The van der Waals surface area contributed by atoms with Gasteiger partial charge in [0.2, 0.25) is 0 Å². The molecule has 0 aromatic heterocycles. The van der Waals surface area contributed by atoms with Gasteiger partial charge in [-0.1, -0.05) is 0 Å². The van der Waals surface area contributed by atoms with E-state index in [4.69, 9.17) is 0 Å². The van der Waals surface area contributed by atoms with Gasteiger partial charge >= 0.3 is 10.2 Å². The van der Waals surface area contributed by atoms with Crippen molar-refractivity contribution in [2.45, 2.75) is 4.90 Å². The third-order valence-corrected chi connectivity index (χ3v) is 2.85. The van der Waals surface area contributed by atoms with E-state index in [-0.39, 0.29) is 0 Å². The minimum absolute atomic E-state index is 0.315. The lowest BCUT2D eigenvalue weighted by Crippen LogP contribution is -2.00. The molecule has 5 nitrogen and oxygen atoms in total. The molecule has 1 rings (SSSR count). The molecule has 0 spiro atoms. The summed E-state index contributed by atoms with van der Waals surface area (Å²) in [6.07, 6.45) is 0. The molecule has 15 heavy (non-hydrogen) atoms. The first kappa shape index (κ1) is 12.0. The first-order valence-corrected chi connectivity index (χ1v) is 5.49. The minimum atomic E-state index is -5.32. The molecule has 1 aromatic rings. The summed E-state index contributed by atoms with van der Waals surface area (Å²) in [7, 11) is -5.32. The quantitative estimate of drug-likeness (QED) is 0.476. The Morgan fingerprint density at radius 1 is 1.40 bits per heavy atom. The van der Waals surface area contributed by atoms with Crippen LogP contribution in [0.25, 0.3) is 0 Å². The van der Waals surface area contributed by atoms with Gasteiger partial charge < -0.3 is 0 Å². The van der Waals surface area contributed by atoms with Crippen LogP contribution < -0.4 is 0 Å². The molecule has 0 amide bonds. The number of rotatable bonds is 2. The average Bonchev–Trinajstić information content (AvgIpc) is 2.06. The maximum Gasteiger partial charge on any atom is 0.335 e. The first-order chi connectivity index (χ1) is 6.73. The number of halogens is 3. The van der Waals surface area contributed by atoms with Crippen molar-refractivity contribution >= 4 is 31.8 Å². The molecule has 0 radical (unpaired) electrons. The zero-order valence-electron chi connectivity index (χ0n) is 6.78. The Morgan fingerprint density at radius 2 is 1.93 bits per heavy atom. The maximum absolute atomic E-state index is 13.1. The third kappa shape index (κ3) is 2.48. The van der Waals surface area contributed by atoms with E-state index < -0.39 is 36.0 Å². The van der Waals surface area contributed by atoms with Crippen LogP contribution in [-0.4, -0.2) is 13.3 Å². The van der Waals surface area contributed by atoms with Gasteiger partial charge in [0.15, 0.2) is 5.82 Å². The van der Waals surface area contributed by atoms with Crippen LogP contribution in [0.15, 0.2) is 21.5 Å². The van der Waals surface area contributed by atoms with Crippen LogP contribution in [0.1, 0.15) is 0 Å². The summed E-state index contributed by atoms with van der Waals surface area (Å²) in [5.41, 5.74) is -0.723. The molecule has 0 saturated heterocycles. The zero-order chi connectivity index (χ0) is 11.8. The molecule has 0 fully saturated rings. The van der Waals surface area contributed by atoms with Crippen molar-refractivity contribution in [3.8, 4) is 0 Å². The van der Waals surface area contributed by atoms with Crippen molar-refractivity contribution < 1.29 is 21.6 Å². The number of nitro groups is 1. The van der Waals surface area contributed by atoms with Crippen LogP contribution in [0, 0.1) is 15.9 Å². The van der Waals surface area contributed by atoms with Gasteiger partial charge in [-0.05, 0) is 15.9 Å². The summed E-state index contributed by atoms with van der Waals surface area (Å²) in [6.45, 7) is 0. The fourth-order valence-corrected chi connectivity index (χ4v) is 2.00. The van der Waals surface area contributed by atoms with Crippen LogP contribution in [0.4, 0.5) is 14.0 Å². The van der Waals surface area contributed by atoms with Crippen molar-refractivity contribution in [2.75, 3.05) is 0 Å². The largest absolute Gasteiger partial charge is 0.335 e. The summed E-state index contributed by atoms with van der Waals surface area (Å²) in [4.78, 5) is 7.97. The second kappa shape index (κ2) is 3.81. The van der Waals surface area contributed by atoms with Gasteiger partial charge in [-0.3, -0.25) is 10.1 Å². The third-order valence-electron chi connectivity index (χ3n) is 1.45. The summed E-state index contributed by atoms with van der Waals surface area (Å²) in [5, 5.41) is 10.3. The highest BCUT2D eigenvalue weighted by Crippen LogP contribution is 2.29. The molecule has 0 N–H and O–H groups in total. The van der Waals surface area contributed by atoms with Crippen molar-refractivity contribution in [1.29, 1.82) is 0 Å². The van der Waals surface area contributed by atoms with Gasteiger partial charge in [0.1, 0.15) is 4.90 Å². The molecule has 0 aliphatic rings. The van der Waals surface area contributed by atoms with E-state index in [0.717, 1.165) is 6.07 Å². The Balaban J connectivity index is 3.59. The summed E-state index contributed by atoms with van der Waals surface area (Å²) < 4.78 is 45.9. The van der Waals surface area contributed by atoms with Gasteiger partial charge in [-0.15, -0.1) is 3.89 Å². The van der Waals surface area contributed by atoms with E-state index in [2.05, 4.69) is 15.9 Å². The second-order valence-electron chi connectivity index (χ2n) is 2.43. The number of hydrogen-bond acceptors (Lipinski definition) is 4. The second-order valence-corrected chi connectivity index (χ2v) is 4.60. The minimum Gasteiger partial charge on any atom is -0.258 e. The molecule has 0 bridgehead atoms. The highest BCUT2D eigenvalue weighted by molar-refractivity contribution is 9.10. The van der Waals surface area contributed by atoms with E-state index in [9.17, 15) is 26.8 Å². The number of nitrogens with zero attached hydrogens (tertiary/aromatic N) is 1. The van der Waals surface area contributed by atoms with Crippen LogP contribution >= 0.6 is 15.9 Å². The van der Waals surface area contributed by atoms with Gasteiger partial charge in [0, 0.05) is 12.1 Å². The number of non-ortho nitro benzene ring substituents is 1. The van der Waals surface area contributed by atoms with Crippen LogP contribution in [-0.2, 0) is 10.2 Å². The maximum atomic E-state index is 13.1. The normalized spacial score (nSPS) is 11.4. The Morgan fingerprint density at radius 3 is 2.33 bits per heavy atom. The average molecular weight is 302 g/mol. The Bertz CT molecular complexity index is 530. The van der Waals surface area contributed by atoms with E-state index in [1.165, 1.54) is 0 Å². The van der Waals surface area contributed by atoms with Crippen molar-refractivity contribution in [2.24, 2.45) is 0 Å². The van der Waals surface area contributed by atoms with Gasteiger partial charge in [-0.25, -0.2) is 4.39 Å². The van der Waals surface area contributed by atoms with E-state index in [1.807, 2.05) is 0 Å². The summed E-state index contributed by atoms with van der Waals surface area (Å²) >= 11 is 2.55. The SMILES string of the molecule is O=[N+]([O-])c1cc(Br)c(F)c(S(=O)(=O)F)c1. The predicted molar refractivity (Wildman–Crippen MR) is 49.0 cm³/mol. The highest BCUT2D eigenvalue weighted by Gasteiger charge is 2.24. The standard InChI is InChI=1S/C6H2BrF2NO4S/c7-4-1-3(10(11)12)2-5(6(4)8)15(9,13)14/h1-2H. The molecule has 1 aromatic carbocycles. The summed E-state index contributed by atoms with van der Waals surface area (Å²) in [5.74, 6) is -1.40. The molecule has 0 aliphatic carbocycles. The molecular formula is C6H2BrF2NO4S. The molecule has 0 heterocycles. The van der Waals surface area contributed by atoms with Gasteiger partial charge in [-0.2, -0.15) is 8.42 Å². The van der Waals surface area contributed by atoms with Crippen LogP contribution in [0.2, 0.25) is 0 Å². The predicted octanol–water partition coefficient (Wildman–Crippen LogP) is 2.15. The van der Waals surface area contributed by atoms with Gasteiger partial charge in [0.25, 0.3) is 5.69 Å². The van der Waals surface area contributed by atoms with E-state index in [0.29, 0.717) is 6.07 Å². The topological polar surface area (TPSA) is 77.3 Å². The van der Waals surface area contributed by atoms with Crippen LogP contribution in [0.3, 0.4) is 0 Å². The molecular weight excluding hydrogens is 300 g/mol. The van der Waals surface area contributed by atoms with E-state index in [1.54, 1.807) is 0 Å². The Labute approximate surface area is 91.2 Å². The molecule has 0 aliphatic heterocycles. The fraction of sp³-hybridized carbons (Fsp3) is 0. The Kier molecular flexibility index (Phi) is 3.05. The van der Waals surface area contributed by atoms with Crippen molar-refractivity contribution in [3.63, 3.8) is 0 Å². The van der Waals surface area contributed by atoms with Crippen molar-refractivity contribution in [1.82, 2.24) is 0 Å². The molecule has 0 atom stereocenters.